The Morgan fingerprint density at radius 3 is 3.06 bits per heavy atom. The number of aromatic nitrogens is 2. The van der Waals surface area contributed by atoms with Crippen molar-refractivity contribution in [3.05, 3.63) is 40.6 Å². The number of carbonyl (C=O) groups excluding carboxylic acids is 1. The Kier molecular flexibility index (Phi) is 3.88. The van der Waals surface area contributed by atoms with Crippen LogP contribution in [0.3, 0.4) is 0 Å². The number of amides is 1. The molecule has 0 saturated carbocycles. The lowest BCUT2D eigenvalue weighted by Gasteiger charge is -2.10. The van der Waals surface area contributed by atoms with Gasteiger partial charge in [-0.1, -0.05) is 6.92 Å². The Labute approximate surface area is 109 Å². The van der Waals surface area contributed by atoms with E-state index < -0.39 is 0 Å². The maximum Gasteiger partial charge on any atom is 0.255 e. The predicted molar refractivity (Wildman–Crippen MR) is 68.8 cm³/mol. The van der Waals surface area contributed by atoms with Crippen LogP contribution < -0.4 is 5.32 Å². The topological polar surface area (TPSA) is 75.1 Å². The zero-order valence-corrected chi connectivity index (χ0v) is 10.6. The van der Waals surface area contributed by atoms with Crippen LogP contribution in [0.4, 0.5) is 0 Å². The molecule has 0 aliphatic rings. The van der Waals surface area contributed by atoms with Gasteiger partial charge in [0.2, 0.25) is 0 Å². The molecule has 0 fully saturated rings. The Balaban J connectivity index is 1.95. The standard InChI is InChI=1S/C12H13N3O2S/c1-8(12-14-4-5-18-12)6-15-11(17)9-2-3-13-7-10(9)16/h2-5,7-8,16H,6H2,1H3,(H,15,17). The van der Waals surface area contributed by atoms with Gasteiger partial charge in [0.1, 0.15) is 5.75 Å². The first kappa shape index (κ1) is 12.5. The molecule has 6 heteroatoms. The van der Waals surface area contributed by atoms with Crippen LogP contribution in [0.2, 0.25) is 0 Å². The molecule has 5 nitrogen and oxygen atoms in total. The molecule has 0 radical (unpaired) electrons. The summed E-state index contributed by atoms with van der Waals surface area (Å²) >= 11 is 1.56. The molecular formula is C12H13N3O2S. The van der Waals surface area contributed by atoms with Crippen molar-refractivity contribution in [1.82, 2.24) is 15.3 Å². The van der Waals surface area contributed by atoms with Gasteiger partial charge in [0, 0.05) is 30.2 Å². The number of thiazole rings is 1. The van der Waals surface area contributed by atoms with E-state index in [1.165, 1.54) is 18.5 Å². The van der Waals surface area contributed by atoms with Crippen molar-refractivity contribution in [3.8, 4) is 5.75 Å². The highest BCUT2D eigenvalue weighted by Gasteiger charge is 2.13. The highest BCUT2D eigenvalue weighted by Crippen LogP contribution is 2.17. The molecule has 1 amide bonds. The highest BCUT2D eigenvalue weighted by molar-refractivity contribution is 7.09. The number of hydrogen-bond acceptors (Lipinski definition) is 5. The number of carbonyl (C=O) groups is 1. The number of aromatic hydroxyl groups is 1. The molecule has 1 unspecified atom stereocenters. The normalized spacial score (nSPS) is 12.1. The molecule has 18 heavy (non-hydrogen) atoms. The fraction of sp³-hybridized carbons (Fsp3) is 0.250. The maximum atomic E-state index is 11.8. The summed E-state index contributed by atoms with van der Waals surface area (Å²) in [4.78, 5) is 19.7. The summed E-state index contributed by atoms with van der Waals surface area (Å²) in [5.41, 5.74) is 0.233. The molecule has 0 aromatic carbocycles. The minimum absolute atomic E-state index is 0.114. The molecule has 0 spiro atoms. The van der Waals surface area contributed by atoms with E-state index in [-0.39, 0.29) is 23.1 Å². The van der Waals surface area contributed by atoms with Gasteiger partial charge in [-0.2, -0.15) is 0 Å². The van der Waals surface area contributed by atoms with E-state index >= 15 is 0 Å². The van der Waals surface area contributed by atoms with Gasteiger partial charge in [0.05, 0.1) is 16.8 Å². The molecule has 94 valence electrons. The molecule has 0 aliphatic heterocycles. The number of rotatable bonds is 4. The van der Waals surface area contributed by atoms with Crippen LogP contribution in [-0.2, 0) is 0 Å². The predicted octanol–water partition coefficient (Wildman–Crippen LogP) is 1.78. The zero-order chi connectivity index (χ0) is 13.0. The lowest BCUT2D eigenvalue weighted by atomic mass is 10.2. The summed E-state index contributed by atoms with van der Waals surface area (Å²) in [5.74, 6) is -0.270. The van der Waals surface area contributed by atoms with E-state index in [4.69, 9.17) is 0 Å². The van der Waals surface area contributed by atoms with Gasteiger partial charge in [-0.15, -0.1) is 11.3 Å². The van der Waals surface area contributed by atoms with Gasteiger partial charge in [0.25, 0.3) is 5.91 Å². The summed E-state index contributed by atoms with van der Waals surface area (Å²) < 4.78 is 0. The molecule has 2 N–H and O–H groups in total. The monoisotopic (exact) mass is 263 g/mol. The second-order valence-corrected chi connectivity index (χ2v) is 4.80. The number of pyridine rings is 1. The van der Waals surface area contributed by atoms with Crippen molar-refractivity contribution in [1.29, 1.82) is 0 Å². The van der Waals surface area contributed by atoms with E-state index in [1.54, 1.807) is 17.5 Å². The Bertz CT molecular complexity index is 528. The van der Waals surface area contributed by atoms with Crippen molar-refractivity contribution in [2.45, 2.75) is 12.8 Å². The van der Waals surface area contributed by atoms with Gasteiger partial charge in [-0.25, -0.2) is 4.98 Å². The van der Waals surface area contributed by atoms with Crippen LogP contribution in [0.25, 0.3) is 0 Å². The fourth-order valence-corrected chi connectivity index (χ4v) is 2.18. The van der Waals surface area contributed by atoms with Gasteiger partial charge in [-0.3, -0.25) is 9.78 Å². The highest BCUT2D eigenvalue weighted by atomic mass is 32.1. The summed E-state index contributed by atoms with van der Waals surface area (Å²) in [7, 11) is 0. The van der Waals surface area contributed by atoms with E-state index in [9.17, 15) is 9.90 Å². The molecule has 2 rings (SSSR count). The van der Waals surface area contributed by atoms with Crippen molar-refractivity contribution in [2.75, 3.05) is 6.54 Å². The van der Waals surface area contributed by atoms with Crippen LogP contribution in [-0.4, -0.2) is 27.5 Å². The summed E-state index contributed by atoms with van der Waals surface area (Å²) in [6.07, 6.45) is 4.46. The SMILES string of the molecule is CC(CNC(=O)c1ccncc1O)c1nccs1. The quantitative estimate of drug-likeness (QED) is 0.881. The number of hydrogen-bond donors (Lipinski definition) is 2. The molecule has 0 saturated heterocycles. The van der Waals surface area contributed by atoms with Gasteiger partial charge in [0.15, 0.2) is 0 Å². The van der Waals surface area contributed by atoms with Gasteiger partial charge >= 0.3 is 0 Å². The molecule has 2 aromatic heterocycles. The van der Waals surface area contributed by atoms with Crippen LogP contribution in [0.5, 0.6) is 5.75 Å². The largest absolute Gasteiger partial charge is 0.505 e. The summed E-state index contributed by atoms with van der Waals surface area (Å²) in [5, 5.41) is 15.2. The minimum atomic E-state index is -0.307. The van der Waals surface area contributed by atoms with Crippen molar-refractivity contribution in [2.24, 2.45) is 0 Å². The Morgan fingerprint density at radius 2 is 2.39 bits per heavy atom. The van der Waals surface area contributed by atoms with Crippen LogP contribution in [0.15, 0.2) is 30.0 Å². The van der Waals surface area contributed by atoms with E-state index in [0.29, 0.717) is 6.54 Å². The average molecular weight is 263 g/mol. The first-order valence-electron chi connectivity index (χ1n) is 5.49. The summed E-state index contributed by atoms with van der Waals surface area (Å²) in [6, 6.07) is 1.48. The lowest BCUT2D eigenvalue weighted by molar-refractivity contribution is 0.0949. The van der Waals surface area contributed by atoms with Crippen molar-refractivity contribution in [3.63, 3.8) is 0 Å². The molecule has 0 bridgehead atoms. The third-order valence-corrected chi connectivity index (χ3v) is 3.49. The molecule has 2 aromatic rings. The first-order valence-corrected chi connectivity index (χ1v) is 6.37. The first-order chi connectivity index (χ1) is 8.68. The van der Waals surface area contributed by atoms with Crippen molar-refractivity contribution >= 4 is 17.2 Å². The van der Waals surface area contributed by atoms with E-state index in [0.717, 1.165) is 5.01 Å². The van der Waals surface area contributed by atoms with E-state index in [1.807, 2.05) is 12.3 Å². The number of nitrogens with zero attached hydrogens (tertiary/aromatic N) is 2. The second-order valence-electron chi connectivity index (χ2n) is 3.87. The molecular weight excluding hydrogens is 250 g/mol. The van der Waals surface area contributed by atoms with Gasteiger partial charge < -0.3 is 10.4 Å². The van der Waals surface area contributed by atoms with E-state index in [2.05, 4.69) is 15.3 Å². The third kappa shape index (κ3) is 2.84. The Hall–Kier alpha value is -1.95. The second kappa shape index (κ2) is 5.59. The Morgan fingerprint density at radius 1 is 1.56 bits per heavy atom. The average Bonchev–Trinajstić information content (AvgIpc) is 2.90. The van der Waals surface area contributed by atoms with Crippen molar-refractivity contribution < 1.29 is 9.90 Å². The summed E-state index contributed by atoms with van der Waals surface area (Å²) in [6.45, 7) is 2.47. The molecule has 0 aliphatic carbocycles. The fourth-order valence-electron chi connectivity index (χ4n) is 1.48. The van der Waals surface area contributed by atoms with Crippen LogP contribution in [0, 0.1) is 0 Å². The lowest BCUT2D eigenvalue weighted by Crippen LogP contribution is -2.27. The smallest absolute Gasteiger partial charge is 0.255 e. The maximum absolute atomic E-state index is 11.8. The molecule has 2 heterocycles. The minimum Gasteiger partial charge on any atom is -0.505 e. The molecule has 1 atom stereocenters. The zero-order valence-electron chi connectivity index (χ0n) is 9.83. The third-order valence-electron chi connectivity index (χ3n) is 2.49. The van der Waals surface area contributed by atoms with Crippen LogP contribution >= 0.6 is 11.3 Å². The number of nitrogens with one attached hydrogen (secondary N) is 1. The van der Waals surface area contributed by atoms with Crippen LogP contribution in [0.1, 0.15) is 28.2 Å². The van der Waals surface area contributed by atoms with Gasteiger partial charge in [-0.05, 0) is 6.07 Å².